The van der Waals surface area contributed by atoms with Crippen LogP contribution >= 0.6 is 15.9 Å². The first-order valence-electron chi connectivity index (χ1n) is 6.51. The molecule has 0 spiro atoms. The first-order valence-corrected chi connectivity index (χ1v) is 7.30. The maximum atomic E-state index is 11.8. The molecular weight excluding hydrogens is 308 g/mol. The van der Waals surface area contributed by atoms with Gasteiger partial charge in [-0.05, 0) is 37.1 Å². The van der Waals surface area contributed by atoms with Gasteiger partial charge in [0.25, 0.3) is 5.91 Å². The molecule has 0 aliphatic heterocycles. The standard InChI is InChI=1S/C14H21BrN2O2/c1-3-4-7-17-14(18)10(2)19-12-5-6-13(15)11(8-12)9-16/h5-6,8,10H,3-4,7,9,16H2,1-2H3,(H,17,18). The van der Waals surface area contributed by atoms with Crippen LogP contribution in [0.25, 0.3) is 0 Å². The Morgan fingerprint density at radius 1 is 1.53 bits per heavy atom. The highest BCUT2D eigenvalue weighted by Crippen LogP contribution is 2.22. The summed E-state index contributed by atoms with van der Waals surface area (Å²) in [6.07, 6.45) is 1.53. The zero-order valence-electron chi connectivity index (χ0n) is 11.4. The van der Waals surface area contributed by atoms with Gasteiger partial charge < -0.3 is 15.8 Å². The number of nitrogens with one attached hydrogen (secondary N) is 1. The summed E-state index contributed by atoms with van der Waals surface area (Å²) < 4.78 is 6.56. The van der Waals surface area contributed by atoms with Gasteiger partial charge in [-0.25, -0.2) is 0 Å². The van der Waals surface area contributed by atoms with Crippen LogP contribution < -0.4 is 15.8 Å². The molecule has 1 unspecified atom stereocenters. The maximum absolute atomic E-state index is 11.8. The molecule has 4 nitrogen and oxygen atoms in total. The molecule has 19 heavy (non-hydrogen) atoms. The largest absolute Gasteiger partial charge is 0.481 e. The quantitative estimate of drug-likeness (QED) is 0.756. The van der Waals surface area contributed by atoms with E-state index in [9.17, 15) is 4.79 Å². The first-order chi connectivity index (χ1) is 9.08. The molecule has 106 valence electrons. The summed E-state index contributed by atoms with van der Waals surface area (Å²) in [7, 11) is 0. The Morgan fingerprint density at radius 3 is 2.89 bits per heavy atom. The fourth-order valence-electron chi connectivity index (χ4n) is 1.57. The number of ether oxygens (including phenoxy) is 1. The fraction of sp³-hybridized carbons (Fsp3) is 0.500. The Balaban J connectivity index is 2.56. The van der Waals surface area contributed by atoms with Crippen LogP contribution in [0.3, 0.4) is 0 Å². The first kappa shape index (κ1) is 16.0. The summed E-state index contributed by atoms with van der Waals surface area (Å²) in [5.74, 6) is 0.562. The zero-order valence-corrected chi connectivity index (χ0v) is 13.0. The van der Waals surface area contributed by atoms with Crippen molar-refractivity contribution >= 4 is 21.8 Å². The molecule has 1 rings (SSSR count). The van der Waals surface area contributed by atoms with Gasteiger partial charge in [0.05, 0.1) is 0 Å². The summed E-state index contributed by atoms with van der Waals surface area (Å²) >= 11 is 3.41. The molecule has 3 N–H and O–H groups in total. The van der Waals surface area contributed by atoms with Gasteiger partial charge >= 0.3 is 0 Å². The Kier molecular flexibility index (Phi) is 6.87. The predicted molar refractivity (Wildman–Crippen MR) is 80.0 cm³/mol. The summed E-state index contributed by atoms with van der Waals surface area (Å²) in [4.78, 5) is 11.8. The van der Waals surface area contributed by atoms with Crippen molar-refractivity contribution in [3.8, 4) is 5.75 Å². The van der Waals surface area contributed by atoms with Crippen molar-refractivity contribution in [2.75, 3.05) is 6.54 Å². The molecule has 0 aliphatic rings. The Morgan fingerprint density at radius 2 is 2.26 bits per heavy atom. The minimum Gasteiger partial charge on any atom is -0.481 e. The molecule has 1 aromatic rings. The molecule has 5 heteroatoms. The number of rotatable bonds is 7. The summed E-state index contributed by atoms with van der Waals surface area (Å²) in [5.41, 5.74) is 6.58. The summed E-state index contributed by atoms with van der Waals surface area (Å²) in [6, 6.07) is 5.54. The number of nitrogens with two attached hydrogens (primary N) is 1. The number of unbranched alkanes of at least 4 members (excludes halogenated alkanes) is 1. The third-order valence-corrected chi connectivity index (χ3v) is 3.52. The highest BCUT2D eigenvalue weighted by atomic mass is 79.9. The van der Waals surface area contributed by atoms with Gasteiger partial charge in [0, 0.05) is 17.6 Å². The molecule has 0 saturated carbocycles. The van der Waals surface area contributed by atoms with E-state index in [0.29, 0.717) is 18.8 Å². The van der Waals surface area contributed by atoms with Gasteiger partial charge in [0.15, 0.2) is 6.10 Å². The van der Waals surface area contributed by atoms with Gasteiger partial charge in [-0.1, -0.05) is 29.3 Å². The Hall–Kier alpha value is -1.07. The second kappa shape index (κ2) is 8.17. The lowest BCUT2D eigenvalue weighted by atomic mass is 10.2. The van der Waals surface area contributed by atoms with E-state index in [2.05, 4.69) is 28.2 Å². The van der Waals surface area contributed by atoms with E-state index in [1.165, 1.54) is 0 Å². The highest BCUT2D eigenvalue weighted by molar-refractivity contribution is 9.10. The topological polar surface area (TPSA) is 64.3 Å². The van der Waals surface area contributed by atoms with E-state index in [4.69, 9.17) is 10.5 Å². The van der Waals surface area contributed by atoms with Crippen molar-refractivity contribution in [1.29, 1.82) is 0 Å². The molecule has 0 aromatic heterocycles. The average Bonchev–Trinajstić information content (AvgIpc) is 2.41. The van der Waals surface area contributed by atoms with Crippen molar-refractivity contribution in [3.05, 3.63) is 28.2 Å². The van der Waals surface area contributed by atoms with Crippen LogP contribution in [0.5, 0.6) is 5.75 Å². The predicted octanol–water partition coefficient (Wildman–Crippen LogP) is 2.59. The SMILES string of the molecule is CCCCNC(=O)C(C)Oc1ccc(Br)c(CN)c1. The number of halogens is 1. The molecular formula is C14H21BrN2O2. The number of hydrogen-bond donors (Lipinski definition) is 2. The van der Waals surface area contributed by atoms with Crippen molar-refractivity contribution in [1.82, 2.24) is 5.32 Å². The number of hydrogen-bond acceptors (Lipinski definition) is 3. The highest BCUT2D eigenvalue weighted by Gasteiger charge is 2.14. The lowest BCUT2D eigenvalue weighted by Gasteiger charge is -2.15. The van der Waals surface area contributed by atoms with Crippen LogP contribution in [0.2, 0.25) is 0 Å². The molecule has 1 atom stereocenters. The van der Waals surface area contributed by atoms with E-state index >= 15 is 0 Å². The fourth-order valence-corrected chi connectivity index (χ4v) is 1.98. The molecule has 0 saturated heterocycles. The van der Waals surface area contributed by atoms with Crippen molar-refractivity contribution in [2.24, 2.45) is 5.73 Å². The van der Waals surface area contributed by atoms with Crippen molar-refractivity contribution < 1.29 is 9.53 Å². The normalized spacial score (nSPS) is 12.0. The van der Waals surface area contributed by atoms with E-state index in [-0.39, 0.29) is 5.91 Å². The molecule has 0 bridgehead atoms. The molecule has 0 heterocycles. The van der Waals surface area contributed by atoms with Gasteiger partial charge in [-0.15, -0.1) is 0 Å². The number of carbonyl (C=O) groups is 1. The van der Waals surface area contributed by atoms with Crippen LogP contribution in [0, 0.1) is 0 Å². The Bertz CT molecular complexity index is 424. The molecule has 1 aromatic carbocycles. The third kappa shape index (κ3) is 5.20. The number of carbonyl (C=O) groups excluding carboxylic acids is 1. The minimum atomic E-state index is -0.511. The van der Waals surface area contributed by atoms with E-state index in [1.54, 1.807) is 6.92 Å². The van der Waals surface area contributed by atoms with E-state index in [0.717, 1.165) is 22.9 Å². The van der Waals surface area contributed by atoms with Crippen molar-refractivity contribution in [2.45, 2.75) is 39.3 Å². The van der Waals surface area contributed by atoms with Crippen LogP contribution in [0.1, 0.15) is 32.3 Å². The second-order valence-corrected chi connectivity index (χ2v) is 5.22. The van der Waals surface area contributed by atoms with Crippen LogP contribution in [-0.2, 0) is 11.3 Å². The molecule has 1 amide bonds. The van der Waals surface area contributed by atoms with Crippen LogP contribution in [-0.4, -0.2) is 18.6 Å². The smallest absolute Gasteiger partial charge is 0.260 e. The van der Waals surface area contributed by atoms with Crippen molar-refractivity contribution in [3.63, 3.8) is 0 Å². The third-order valence-electron chi connectivity index (χ3n) is 2.75. The zero-order chi connectivity index (χ0) is 14.3. The minimum absolute atomic E-state index is 0.0920. The molecule has 0 radical (unpaired) electrons. The average molecular weight is 329 g/mol. The molecule has 0 fully saturated rings. The van der Waals surface area contributed by atoms with E-state index in [1.807, 2.05) is 18.2 Å². The Labute approximate surface area is 122 Å². The van der Waals surface area contributed by atoms with Gasteiger partial charge in [0.1, 0.15) is 5.75 Å². The monoisotopic (exact) mass is 328 g/mol. The lowest BCUT2D eigenvalue weighted by Crippen LogP contribution is -2.36. The van der Waals surface area contributed by atoms with Crippen LogP contribution in [0.15, 0.2) is 22.7 Å². The number of benzene rings is 1. The van der Waals surface area contributed by atoms with Gasteiger partial charge in [-0.3, -0.25) is 4.79 Å². The van der Waals surface area contributed by atoms with Gasteiger partial charge in [0.2, 0.25) is 0 Å². The van der Waals surface area contributed by atoms with Gasteiger partial charge in [-0.2, -0.15) is 0 Å². The maximum Gasteiger partial charge on any atom is 0.260 e. The summed E-state index contributed by atoms with van der Waals surface area (Å²) in [5, 5.41) is 2.85. The van der Waals surface area contributed by atoms with Crippen LogP contribution in [0.4, 0.5) is 0 Å². The second-order valence-electron chi connectivity index (χ2n) is 4.36. The molecule has 0 aliphatic carbocycles. The van der Waals surface area contributed by atoms with E-state index < -0.39 is 6.10 Å². The number of amides is 1. The lowest BCUT2D eigenvalue weighted by molar-refractivity contribution is -0.127. The summed E-state index contributed by atoms with van der Waals surface area (Å²) in [6.45, 7) is 4.94.